The number of nitrogens with zero attached hydrogens (tertiary/aromatic N) is 2. The minimum absolute atomic E-state index is 0.0234. The highest BCUT2D eigenvalue weighted by molar-refractivity contribution is 5.76. The molecule has 0 amide bonds. The van der Waals surface area contributed by atoms with Crippen LogP contribution in [-0.2, 0) is 0 Å². The summed E-state index contributed by atoms with van der Waals surface area (Å²) < 4.78 is 37.9. The molecule has 118 valence electrons. The maximum atomic E-state index is 14.3. The minimum atomic E-state index is -0.900. The van der Waals surface area contributed by atoms with Gasteiger partial charge in [0.15, 0.2) is 17.3 Å². The van der Waals surface area contributed by atoms with E-state index in [0.29, 0.717) is 16.9 Å². The lowest BCUT2D eigenvalue weighted by molar-refractivity contribution is 0.334. The lowest BCUT2D eigenvalue weighted by atomic mass is 10.2. The van der Waals surface area contributed by atoms with Crippen molar-refractivity contribution < 1.29 is 18.3 Å². The Balaban J connectivity index is 2.04. The Bertz CT molecular complexity index is 871. The molecular weight excluding hydrogens is 304 g/mol. The van der Waals surface area contributed by atoms with E-state index in [0.717, 1.165) is 0 Å². The summed E-state index contributed by atoms with van der Waals surface area (Å²) in [6.07, 6.45) is 1.46. The van der Waals surface area contributed by atoms with Gasteiger partial charge in [0.2, 0.25) is 5.82 Å². The fourth-order valence-corrected chi connectivity index (χ4v) is 2.16. The van der Waals surface area contributed by atoms with Crippen LogP contribution in [0, 0.1) is 11.6 Å². The number of anilines is 2. The minimum Gasteiger partial charge on any atom is -0.493 e. The van der Waals surface area contributed by atoms with Crippen LogP contribution < -0.4 is 14.8 Å². The van der Waals surface area contributed by atoms with Gasteiger partial charge >= 0.3 is 0 Å². The predicted octanol–water partition coefficient (Wildman–Crippen LogP) is 3.67. The van der Waals surface area contributed by atoms with E-state index in [1.165, 1.54) is 26.5 Å². The van der Waals surface area contributed by atoms with E-state index in [4.69, 9.17) is 9.47 Å². The van der Waals surface area contributed by atoms with Crippen molar-refractivity contribution in [3.05, 3.63) is 48.2 Å². The third kappa shape index (κ3) is 2.73. The number of hydrogen-bond donors (Lipinski definition) is 1. The fourth-order valence-electron chi connectivity index (χ4n) is 2.16. The number of fused-ring (bicyclic) bond motifs is 1. The van der Waals surface area contributed by atoms with Crippen LogP contribution in [0.15, 0.2) is 36.5 Å². The summed E-state index contributed by atoms with van der Waals surface area (Å²) in [6.45, 7) is 0. The summed E-state index contributed by atoms with van der Waals surface area (Å²) >= 11 is 0. The Morgan fingerprint density at radius 2 is 1.74 bits per heavy atom. The van der Waals surface area contributed by atoms with E-state index < -0.39 is 17.4 Å². The van der Waals surface area contributed by atoms with E-state index in [2.05, 4.69) is 15.3 Å². The second kappa shape index (κ2) is 6.04. The second-order valence-electron chi connectivity index (χ2n) is 4.66. The summed E-state index contributed by atoms with van der Waals surface area (Å²) in [4.78, 5) is 8.56. The number of hydrogen-bond acceptors (Lipinski definition) is 5. The number of rotatable bonds is 4. The van der Waals surface area contributed by atoms with Crippen LogP contribution in [0.2, 0.25) is 0 Å². The van der Waals surface area contributed by atoms with Crippen LogP contribution in [-0.4, -0.2) is 24.2 Å². The molecule has 0 aliphatic carbocycles. The van der Waals surface area contributed by atoms with Crippen molar-refractivity contribution in [3.63, 3.8) is 0 Å². The summed E-state index contributed by atoms with van der Waals surface area (Å²) in [5, 5.41) is 2.77. The van der Waals surface area contributed by atoms with Gasteiger partial charge in [-0.3, -0.25) is 4.98 Å². The molecule has 5 nitrogen and oxygen atoms in total. The Labute approximate surface area is 130 Å². The van der Waals surface area contributed by atoms with Crippen molar-refractivity contribution in [2.45, 2.75) is 0 Å². The predicted molar refractivity (Wildman–Crippen MR) is 82.3 cm³/mol. The smallest absolute Gasteiger partial charge is 0.210 e. The first-order valence-corrected chi connectivity index (χ1v) is 6.73. The van der Waals surface area contributed by atoms with Crippen molar-refractivity contribution in [2.24, 2.45) is 0 Å². The van der Waals surface area contributed by atoms with Gasteiger partial charge in [0, 0.05) is 6.07 Å². The Morgan fingerprint density at radius 3 is 2.43 bits per heavy atom. The zero-order chi connectivity index (χ0) is 16.4. The quantitative estimate of drug-likeness (QED) is 0.795. The molecule has 1 heterocycles. The molecule has 0 bridgehead atoms. The van der Waals surface area contributed by atoms with E-state index in [9.17, 15) is 8.78 Å². The Kier molecular flexibility index (Phi) is 3.92. The van der Waals surface area contributed by atoms with Gasteiger partial charge in [-0.05, 0) is 12.1 Å². The van der Waals surface area contributed by atoms with Crippen molar-refractivity contribution in [1.29, 1.82) is 0 Å². The number of halogens is 2. The number of nitrogens with one attached hydrogen (secondary N) is 1. The largest absolute Gasteiger partial charge is 0.493 e. The van der Waals surface area contributed by atoms with Gasteiger partial charge in [-0.15, -0.1) is 0 Å². The van der Waals surface area contributed by atoms with E-state index >= 15 is 0 Å². The number of benzene rings is 2. The maximum absolute atomic E-state index is 14.3. The maximum Gasteiger partial charge on any atom is 0.210 e. The highest BCUT2D eigenvalue weighted by Crippen LogP contribution is 2.36. The van der Waals surface area contributed by atoms with Gasteiger partial charge in [-0.25, -0.2) is 9.37 Å². The van der Waals surface area contributed by atoms with Crippen LogP contribution in [0.3, 0.4) is 0 Å². The summed E-state index contributed by atoms with van der Waals surface area (Å²) in [5.74, 6) is -2.12. The van der Waals surface area contributed by atoms with Crippen molar-refractivity contribution in [3.8, 4) is 11.5 Å². The van der Waals surface area contributed by atoms with Gasteiger partial charge in [0.05, 0.1) is 37.1 Å². The third-order valence-corrected chi connectivity index (χ3v) is 3.26. The van der Waals surface area contributed by atoms with Crippen LogP contribution in [0.4, 0.5) is 20.3 Å². The number of aromatic nitrogens is 2. The molecule has 0 spiro atoms. The Morgan fingerprint density at radius 1 is 1.00 bits per heavy atom. The number of methoxy groups -OCH3 is 2. The number of para-hydroxylation sites is 2. The van der Waals surface area contributed by atoms with Gasteiger partial charge in [0.25, 0.3) is 0 Å². The standard InChI is InChI=1S/C16H13F2N3O2/c1-22-12-7-11(14(17)16(23-2)15(12)18)21-13-8-19-9-5-3-4-6-10(9)20-13/h3-8H,1-2H3,(H,20,21). The highest BCUT2D eigenvalue weighted by atomic mass is 19.1. The average Bonchev–Trinajstić information content (AvgIpc) is 2.58. The molecular formula is C16H13F2N3O2. The monoisotopic (exact) mass is 317 g/mol. The van der Waals surface area contributed by atoms with E-state index in [1.54, 1.807) is 6.07 Å². The molecule has 7 heteroatoms. The molecule has 0 saturated heterocycles. The molecule has 0 atom stereocenters. The van der Waals surface area contributed by atoms with Crippen LogP contribution in [0.5, 0.6) is 11.5 Å². The molecule has 3 aromatic rings. The van der Waals surface area contributed by atoms with Gasteiger partial charge in [-0.1, -0.05) is 12.1 Å². The molecule has 2 aromatic carbocycles. The third-order valence-electron chi connectivity index (χ3n) is 3.26. The van der Waals surface area contributed by atoms with Gasteiger partial charge in [0.1, 0.15) is 5.82 Å². The first-order valence-electron chi connectivity index (χ1n) is 6.73. The first-order chi connectivity index (χ1) is 11.1. The topological polar surface area (TPSA) is 56.3 Å². The van der Waals surface area contributed by atoms with Crippen molar-refractivity contribution >= 4 is 22.5 Å². The van der Waals surface area contributed by atoms with Crippen LogP contribution >= 0.6 is 0 Å². The lowest BCUT2D eigenvalue weighted by Gasteiger charge is -2.13. The Hall–Kier alpha value is -2.96. The summed E-state index contributed by atoms with van der Waals surface area (Å²) in [6, 6.07) is 8.47. The highest BCUT2D eigenvalue weighted by Gasteiger charge is 2.20. The molecule has 1 N–H and O–H groups in total. The molecule has 0 saturated carbocycles. The lowest BCUT2D eigenvalue weighted by Crippen LogP contribution is -2.03. The van der Waals surface area contributed by atoms with Crippen molar-refractivity contribution in [2.75, 3.05) is 19.5 Å². The molecule has 1 aromatic heterocycles. The fraction of sp³-hybridized carbons (Fsp3) is 0.125. The average molecular weight is 317 g/mol. The molecule has 0 unspecified atom stereocenters. The molecule has 23 heavy (non-hydrogen) atoms. The molecule has 0 fully saturated rings. The first kappa shape index (κ1) is 15.0. The van der Waals surface area contributed by atoms with E-state index in [1.807, 2.05) is 18.2 Å². The van der Waals surface area contributed by atoms with Gasteiger partial charge < -0.3 is 14.8 Å². The molecule has 0 aliphatic rings. The zero-order valence-electron chi connectivity index (χ0n) is 12.4. The molecule has 3 rings (SSSR count). The zero-order valence-corrected chi connectivity index (χ0v) is 12.4. The second-order valence-corrected chi connectivity index (χ2v) is 4.66. The molecule has 0 aliphatic heterocycles. The molecule has 0 radical (unpaired) electrons. The normalized spacial score (nSPS) is 10.6. The summed E-state index contributed by atoms with van der Waals surface area (Å²) in [7, 11) is 2.47. The van der Waals surface area contributed by atoms with Crippen LogP contribution in [0.1, 0.15) is 0 Å². The van der Waals surface area contributed by atoms with Gasteiger partial charge in [-0.2, -0.15) is 4.39 Å². The number of ether oxygens (including phenoxy) is 2. The van der Waals surface area contributed by atoms with E-state index in [-0.39, 0.29) is 11.4 Å². The van der Waals surface area contributed by atoms with Crippen LogP contribution in [0.25, 0.3) is 11.0 Å². The van der Waals surface area contributed by atoms with Crippen molar-refractivity contribution in [1.82, 2.24) is 9.97 Å². The SMILES string of the molecule is COc1cc(Nc2cnc3ccccc3n2)c(F)c(OC)c1F. The summed E-state index contributed by atoms with van der Waals surface area (Å²) in [5.41, 5.74) is 1.34.